The molecule has 2 unspecified atom stereocenters. The van der Waals surface area contributed by atoms with Gasteiger partial charge in [-0.2, -0.15) is 9.29 Å². The Kier molecular flexibility index (Phi) is 11.0. The minimum Gasteiger partial charge on any atom is -0.370 e. The number of piperidine rings is 3. The lowest BCUT2D eigenvalue weighted by Gasteiger charge is -2.42. The van der Waals surface area contributed by atoms with Gasteiger partial charge < -0.3 is 15.1 Å². The fourth-order valence-electron chi connectivity index (χ4n) is 11.2. The maximum atomic E-state index is 16.6. The number of pyridine rings is 1. The van der Waals surface area contributed by atoms with Crippen molar-refractivity contribution < 1.29 is 22.4 Å². The van der Waals surface area contributed by atoms with Crippen LogP contribution in [0.25, 0.3) is 22.1 Å². The minimum atomic E-state index is -3.91. The number of hydrogen-bond acceptors (Lipinski definition) is 11. The molecule has 16 nitrogen and oxygen atoms in total. The predicted octanol–water partition coefficient (Wildman–Crippen LogP) is 5.73. The lowest BCUT2D eigenvalue weighted by molar-refractivity contribution is -0.135. The molecule has 2 amide bonds. The molecular weight excluding hydrogens is 875 g/mol. The van der Waals surface area contributed by atoms with Crippen LogP contribution in [0, 0.1) is 12.3 Å². The molecule has 65 heavy (non-hydrogen) atoms. The van der Waals surface area contributed by atoms with Crippen molar-refractivity contribution >= 4 is 72.8 Å². The highest BCUT2D eigenvalue weighted by Gasteiger charge is 2.53. The number of nitrogens with one attached hydrogen (secondary N) is 2. The number of imide groups is 1. The Labute approximate surface area is 380 Å². The summed E-state index contributed by atoms with van der Waals surface area (Å²) in [5, 5.41) is 6.42. The quantitative estimate of drug-likeness (QED) is 0.164. The lowest BCUT2D eigenvalue weighted by Crippen LogP contribution is -2.52. The third-order valence-corrected chi connectivity index (χ3v) is 17.2. The van der Waals surface area contributed by atoms with Crippen molar-refractivity contribution in [2.75, 3.05) is 50.0 Å². The van der Waals surface area contributed by atoms with Gasteiger partial charge in [-0.3, -0.25) is 33.4 Å². The Bertz CT molecular complexity index is 2990. The molecule has 5 aromatic rings. The topological polar surface area (TPSA) is 177 Å². The molecule has 344 valence electrons. The number of fused-ring (bicyclic) bond motifs is 2. The van der Waals surface area contributed by atoms with Crippen LogP contribution in [0.4, 0.5) is 21.7 Å². The van der Waals surface area contributed by atoms with Gasteiger partial charge in [0.2, 0.25) is 27.8 Å². The first-order valence-corrected chi connectivity index (χ1v) is 24.5. The van der Waals surface area contributed by atoms with E-state index in [1.54, 1.807) is 53.6 Å². The summed E-state index contributed by atoms with van der Waals surface area (Å²) in [5.74, 6) is -0.529. The Morgan fingerprint density at radius 1 is 0.954 bits per heavy atom. The molecule has 0 radical (unpaired) electrons. The number of hydrogen-bond donors (Lipinski definition) is 2. The van der Waals surface area contributed by atoms with Crippen LogP contribution in [0.5, 0.6) is 0 Å². The number of rotatable bonds is 10. The summed E-state index contributed by atoms with van der Waals surface area (Å²) in [4.78, 5) is 65.2. The molecule has 5 fully saturated rings. The van der Waals surface area contributed by atoms with E-state index in [-0.39, 0.29) is 95.8 Å². The monoisotopic (exact) mass is 928 g/mol. The second-order valence-corrected chi connectivity index (χ2v) is 21.4. The number of nitrogens with zero attached hydrogens (tertiary/aromatic N) is 8. The van der Waals surface area contributed by atoms with E-state index in [0.29, 0.717) is 40.9 Å². The van der Waals surface area contributed by atoms with Crippen LogP contribution >= 0.6 is 11.6 Å². The number of carbonyl (C=O) groups is 2. The van der Waals surface area contributed by atoms with Crippen molar-refractivity contribution in [1.29, 1.82) is 0 Å². The van der Waals surface area contributed by atoms with Gasteiger partial charge in [-0.15, -0.1) is 0 Å². The number of benzene rings is 2. The van der Waals surface area contributed by atoms with Crippen LogP contribution < -0.4 is 26.8 Å². The van der Waals surface area contributed by atoms with Gasteiger partial charge in [-0.05, 0) is 119 Å². The summed E-state index contributed by atoms with van der Waals surface area (Å²) >= 11 is 6.41. The van der Waals surface area contributed by atoms with E-state index in [2.05, 4.69) is 25.4 Å². The number of imidazole rings is 1. The Morgan fingerprint density at radius 2 is 1.71 bits per heavy atom. The van der Waals surface area contributed by atoms with Gasteiger partial charge in [0, 0.05) is 75.5 Å². The SMILES string of the molecule is Cc1cc(S(=O)(=O)N2CCC(F)(CN(C)C3CCN(c4cccc5c4n(C)c(=O)n5C4CCC(=O)NC4=O)CC3)CC2)ccc1Nc1ncc2cc(Cl)c(=O)n(C3CCCC34CC4)c2n1. The molecule has 5 aliphatic rings. The van der Waals surface area contributed by atoms with Gasteiger partial charge in [-0.25, -0.2) is 22.6 Å². The van der Waals surface area contributed by atoms with Gasteiger partial charge in [-0.1, -0.05) is 24.1 Å². The summed E-state index contributed by atoms with van der Waals surface area (Å²) in [6, 6.07) is 11.5. The lowest BCUT2D eigenvalue weighted by atomic mass is 9.92. The van der Waals surface area contributed by atoms with Gasteiger partial charge in [0.25, 0.3) is 5.56 Å². The van der Waals surface area contributed by atoms with Gasteiger partial charge >= 0.3 is 5.69 Å². The summed E-state index contributed by atoms with van der Waals surface area (Å²) < 4.78 is 50.7. The van der Waals surface area contributed by atoms with Gasteiger partial charge in [0.15, 0.2) is 0 Å². The highest BCUT2D eigenvalue weighted by molar-refractivity contribution is 7.89. The standard InChI is InChI=1S/C46H54ClFN10O6S/c1-28-24-31(9-10-33(28)50-43-49-26-29-25-32(47)42(61)58(40(29)52-43)37-8-5-15-45(37)16-17-45)65(63,64)56-22-18-46(48,19-23-56)27-53(2)30-13-20-55(21-14-30)34-6-4-7-35-39(34)54(3)44(62)57(35)36-11-12-38(59)51-41(36)60/h4,6-7,9-10,24-26,30,36-37H,5,8,11-23,27H2,1-3H3,(H,49,50,52)(H,51,59,60). The fraction of sp³-hybridized carbons (Fsp3) is 0.522. The van der Waals surface area contributed by atoms with Crippen LogP contribution in [-0.2, 0) is 26.7 Å². The first-order chi connectivity index (χ1) is 31.1. The van der Waals surface area contributed by atoms with Crippen LogP contribution in [0.15, 0.2) is 63.1 Å². The van der Waals surface area contributed by atoms with E-state index >= 15 is 4.39 Å². The third kappa shape index (κ3) is 7.72. The summed E-state index contributed by atoms with van der Waals surface area (Å²) in [7, 11) is -0.281. The molecule has 10 rings (SSSR count). The molecule has 2 atom stereocenters. The van der Waals surface area contributed by atoms with Crippen molar-refractivity contribution in [1.82, 2.24) is 38.2 Å². The number of sulfonamides is 1. The summed E-state index contributed by atoms with van der Waals surface area (Å²) in [6.45, 7) is 3.47. The predicted molar refractivity (Wildman–Crippen MR) is 246 cm³/mol. The molecule has 2 N–H and O–H groups in total. The molecule has 3 aromatic heterocycles. The average molecular weight is 930 g/mol. The highest BCUT2D eigenvalue weighted by Crippen LogP contribution is 2.63. The second kappa shape index (κ2) is 16.3. The minimum absolute atomic E-state index is 0.0393. The zero-order valence-electron chi connectivity index (χ0n) is 36.9. The molecule has 6 heterocycles. The largest absolute Gasteiger partial charge is 0.370 e. The number of alkyl halides is 1. The number of anilines is 3. The normalized spacial score (nSPS) is 22.6. The average Bonchev–Trinajstić information content (AvgIpc) is 3.88. The molecule has 3 aliphatic heterocycles. The zero-order valence-corrected chi connectivity index (χ0v) is 38.4. The number of para-hydroxylation sites is 1. The molecule has 2 aromatic carbocycles. The van der Waals surface area contributed by atoms with Crippen molar-refractivity contribution in [2.45, 2.75) is 106 Å². The number of amides is 2. The van der Waals surface area contributed by atoms with Gasteiger partial charge in [0.05, 0.1) is 21.6 Å². The van der Waals surface area contributed by atoms with Crippen molar-refractivity contribution in [3.05, 3.63) is 80.1 Å². The summed E-state index contributed by atoms with van der Waals surface area (Å²) in [5.41, 5.74) is 2.06. The van der Waals surface area contributed by atoms with Crippen LogP contribution in [0.3, 0.4) is 0 Å². The Hall–Kier alpha value is -5.17. The molecule has 2 aliphatic carbocycles. The maximum absolute atomic E-state index is 16.6. The Balaban J connectivity index is 0.764. The van der Waals surface area contributed by atoms with Crippen LogP contribution in [0.1, 0.15) is 88.3 Å². The third-order valence-electron chi connectivity index (χ3n) is 15.1. The van der Waals surface area contributed by atoms with Crippen LogP contribution in [0.2, 0.25) is 5.02 Å². The van der Waals surface area contributed by atoms with E-state index in [1.165, 1.54) is 8.87 Å². The van der Waals surface area contributed by atoms with E-state index in [9.17, 15) is 27.6 Å². The molecular formula is C46H54ClFN10O6S. The van der Waals surface area contributed by atoms with Gasteiger partial charge in [0.1, 0.15) is 22.4 Å². The fourth-order valence-corrected chi connectivity index (χ4v) is 13.0. The van der Waals surface area contributed by atoms with E-state index in [4.69, 9.17) is 16.6 Å². The van der Waals surface area contributed by atoms with Crippen molar-refractivity contribution in [3.63, 3.8) is 0 Å². The van der Waals surface area contributed by atoms with Crippen LogP contribution in [-0.4, -0.2) is 105 Å². The zero-order chi connectivity index (χ0) is 45.6. The first kappa shape index (κ1) is 43.7. The maximum Gasteiger partial charge on any atom is 0.329 e. The second-order valence-electron chi connectivity index (χ2n) is 19.0. The van der Waals surface area contributed by atoms with E-state index in [1.807, 2.05) is 25.2 Å². The van der Waals surface area contributed by atoms with Crippen molar-refractivity contribution in [3.8, 4) is 0 Å². The summed E-state index contributed by atoms with van der Waals surface area (Å²) in [6.07, 6.45) is 8.99. The Morgan fingerprint density at radius 3 is 2.42 bits per heavy atom. The van der Waals surface area contributed by atoms with E-state index in [0.717, 1.165) is 56.1 Å². The molecule has 1 spiro atoms. The number of halogens is 2. The molecule has 3 saturated heterocycles. The number of aryl methyl sites for hydroxylation is 2. The first-order valence-electron chi connectivity index (χ1n) is 22.7. The highest BCUT2D eigenvalue weighted by atomic mass is 35.5. The molecule has 0 bridgehead atoms. The van der Waals surface area contributed by atoms with Crippen molar-refractivity contribution in [2.24, 2.45) is 12.5 Å². The molecule has 19 heteroatoms. The van der Waals surface area contributed by atoms with E-state index < -0.39 is 27.6 Å². The number of aromatic nitrogens is 5. The number of carbonyl (C=O) groups excluding carboxylic acids is 2. The molecule has 2 saturated carbocycles. The smallest absolute Gasteiger partial charge is 0.329 e.